The van der Waals surface area contributed by atoms with Gasteiger partial charge in [-0.05, 0) is 0 Å². The minimum atomic E-state index is -2.34. The number of amidine groups is 1. The molecule has 0 fully saturated rings. The second-order valence-electron chi connectivity index (χ2n) is 1.24. The number of nitrogens with two attached hydrogens (primary N) is 1. The average molecular weight is 147 g/mol. The molecular weight excluding hydrogens is 142 g/mol. The highest BCUT2D eigenvalue weighted by Crippen LogP contribution is 1.88. The van der Waals surface area contributed by atoms with Gasteiger partial charge < -0.3 is 10.3 Å². The molecule has 6 heteroatoms. The molecule has 0 saturated heterocycles. The number of nitriles is 1. The van der Waals surface area contributed by atoms with E-state index in [4.69, 9.17) is 21.0 Å². The molecule has 9 heavy (non-hydrogen) atoms. The lowest BCUT2D eigenvalue weighted by molar-refractivity contribution is 0.564. The van der Waals surface area contributed by atoms with Gasteiger partial charge in [0.15, 0.2) is 11.1 Å². The molecule has 5 nitrogen and oxygen atoms in total. The van der Waals surface area contributed by atoms with Crippen molar-refractivity contribution in [2.45, 2.75) is 5.25 Å². The van der Waals surface area contributed by atoms with Gasteiger partial charge in [0.1, 0.15) is 5.84 Å². The minimum absolute atomic E-state index is 0.585. The molecule has 0 amide bonds. The van der Waals surface area contributed by atoms with Crippen LogP contribution in [0.1, 0.15) is 0 Å². The van der Waals surface area contributed by atoms with E-state index in [-0.39, 0.29) is 0 Å². The predicted octanol–water partition coefficient (Wildman–Crippen LogP) is -0.964. The molecule has 0 aromatic rings. The van der Waals surface area contributed by atoms with Crippen molar-refractivity contribution < 1.29 is 8.76 Å². The summed E-state index contributed by atoms with van der Waals surface area (Å²) in [6.07, 6.45) is 0. The maximum Gasteiger partial charge on any atom is 0.203 e. The molecule has 0 aromatic carbocycles. The maximum atomic E-state index is 10.0. The lowest BCUT2D eigenvalue weighted by Gasteiger charge is -1.97. The third kappa shape index (κ3) is 2.21. The smallest absolute Gasteiger partial charge is 0.203 e. The molecule has 0 aliphatic carbocycles. The zero-order valence-electron chi connectivity index (χ0n) is 4.37. The lowest BCUT2D eigenvalue weighted by Crippen LogP contribution is -2.29. The number of hydrogen-bond donors (Lipinski definition) is 3. The van der Waals surface area contributed by atoms with Gasteiger partial charge >= 0.3 is 0 Å². The standard InChI is InChI=1S/C3H5N3O2S/c4-1-2(3(5)6)9(7)8/h2H,(H3,5,6)(H,7,8). The van der Waals surface area contributed by atoms with Gasteiger partial charge in [0.25, 0.3) is 0 Å². The third-order valence-electron chi connectivity index (χ3n) is 0.601. The van der Waals surface area contributed by atoms with Crippen molar-refractivity contribution in [2.75, 3.05) is 0 Å². The van der Waals surface area contributed by atoms with Crippen LogP contribution in [0.2, 0.25) is 0 Å². The molecule has 0 aromatic heterocycles. The van der Waals surface area contributed by atoms with Crippen LogP contribution >= 0.6 is 0 Å². The first kappa shape index (κ1) is 8.07. The number of nitrogens with one attached hydrogen (secondary N) is 1. The Bertz CT molecular complexity index is 170. The van der Waals surface area contributed by atoms with Gasteiger partial charge in [-0.3, -0.25) is 5.41 Å². The highest BCUT2D eigenvalue weighted by Gasteiger charge is 2.16. The molecule has 0 aliphatic heterocycles. The Morgan fingerprint density at radius 1 is 2.00 bits per heavy atom. The molecule has 0 radical (unpaired) electrons. The monoisotopic (exact) mass is 147 g/mol. The van der Waals surface area contributed by atoms with Gasteiger partial charge in [-0.15, -0.1) is 0 Å². The summed E-state index contributed by atoms with van der Waals surface area (Å²) in [4.78, 5) is 0. The summed E-state index contributed by atoms with van der Waals surface area (Å²) in [5.74, 6) is -0.585. The van der Waals surface area contributed by atoms with Gasteiger partial charge in [-0.2, -0.15) is 5.26 Å². The van der Waals surface area contributed by atoms with E-state index in [9.17, 15) is 4.21 Å². The van der Waals surface area contributed by atoms with Crippen LogP contribution in [0.15, 0.2) is 0 Å². The molecule has 50 valence electrons. The molecule has 0 rings (SSSR count). The molecule has 0 aliphatic rings. The normalized spacial score (nSPS) is 15.6. The lowest BCUT2D eigenvalue weighted by atomic mass is 10.4. The Morgan fingerprint density at radius 2 is 2.44 bits per heavy atom. The third-order valence-corrected chi connectivity index (χ3v) is 1.36. The van der Waals surface area contributed by atoms with Crippen molar-refractivity contribution in [1.29, 1.82) is 10.7 Å². The fourth-order valence-electron chi connectivity index (χ4n) is 0.223. The zero-order valence-corrected chi connectivity index (χ0v) is 5.18. The summed E-state index contributed by atoms with van der Waals surface area (Å²) in [7, 11) is 0. The van der Waals surface area contributed by atoms with E-state index in [2.05, 4.69) is 0 Å². The Hall–Kier alpha value is -0.930. The first-order valence-corrected chi connectivity index (χ1v) is 3.09. The number of rotatable bonds is 2. The first-order valence-electron chi connectivity index (χ1n) is 1.92. The summed E-state index contributed by atoms with van der Waals surface area (Å²) < 4.78 is 18.3. The van der Waals surface area contributed by atoms with Crippen LogP contribution in [0.25, 0.3) is 0 Å². The van der Waals surface area contributed by atoms with Crippen LogP contribution in [-0.2, 0) is 11.1 Å². The Balaban J connectivity index is 4.22. The summed E-state index contributed by atoms with van der Waals surface area (Å²) in [5.41, 5.74) is 4.76. The maximum absolute atomic E-state index is 10.0. The second-order valence-corrected chi connectivity index (χ2v) is 2.26. The van der Waals surface area contributed by atoms with Crippen molar-refractivity contribution in [1.82, 2.24) is 0 Å². The fraction of sp³-hybridized carbons (Fsp3) is 0.333. The fourth-order valence-corrected chi connectivity index (χ4v) is 0.531. The average Bonchev–Trinajstić information content (AvgIpc) is 1.64. The summed E-state index contributed by atoms with van der Waals surface area (Å²) in [5, 5.41) is 13.2. The summed E-state index contributed by atoms with van der Waals surface area (Å²) >= 11 is -2.34. The SMILES string of the molecule is N#CC(C(=N)N)S(=O)O. The van der Waals surface area contributed by atoms with E-state index in [1.54, 1.807) is 0 Å². The van der Waals surface area contributed by atoms with Crippen LogP contribution in [0.5, 0.6) is 0 Å². The second kappa shape index (κ2) is 3.17. The molecule has 0 bridgehead atoms. The van der Waals surface area contributed by atoms with Gasteiger partial charge in [-0.1, -0.05) is 0 Å². The van der Waals surface area contributed by atoms with E-state index in [0.717, 1.165) is 0 Å². The van der Waals surface area contributed by atoms with Crippen molar-refractivity contribution in [3.8, 4) is 6.07 Å². The Morgan fingerprint density at radius 3 is 2.44 bits per heavy atom. The minimum Gasteiger partial charge on any atom is -0.386 e. The summed E-state index contributed by atoms with van der Waals surface area (Å²) in [6, 6.07) is 1.40. The van der Waals surface area contributed by atoms with E-state index < -0.39 is 22.2 Å². The van der Waals surface area contributed by atoms with E-state index in [1.165, 1.54) is 6.07 Å². The molecule has 4 N–H and O–H groups in total. The van der Waals surface area contributed by atoms with Gasteiger partial charge in [-0.25, -0.2) is 4.21 Å². The Kier molecular flexibility index (Phi) is 2.84. The van der Waals surface area contributed by atoms with Crippen LogP contribution in [-0.4, -0.2) is 19.8 Å². The molecule has 0 saturated carbocycles. The molecule has 0 heterocycles. The van der Waals surface area contributed by atoms with E-state index in [0.29, 0.717) is 0 Å². The van der Waals surface area contributed by atoms with Gasteiger partial charge in [0.2, 0.25) is 5.25 Å². The van der Waals surface area contributed by atoms with E-state index in [1.807, 2.05) is 0 Å². The predicted molar refractivity (Wildman–Crippen MR) is 32.1 cm³/mol. The van der Waals surface area contributed by atoms with Crippen LogP contribution in [0, 0.1) is 16.7 Å². The van der Waals surface area contributed by atoms with Gasteiger partial charge in [0.05, 0.1) is 6.07 Å². The van der Waals surface area contributed by atoms with Crippen LogP contribution in [0.4, 0.5) is 0 Å². The highest BCUT2D eigenvalue weighted by atomic mass is 32.2. The quantitative estimate of drug-likeness (QED) is 0.265. The molecule has 2 unspecified atom stereocenters. The van der Waals surface area contributed by atoms with Crippen molar-refractivity contribution in [2.24, 2.45) is 5.73 Å². The van der Waals surface area contributed by atoms with Crippen molar-refractivity contribution in [3.63, 3.8) is 0 Å². The van der Waals surface area contributed by atoms with E-state index >= 15 is 0 Å². The molecular formula is C3H5N3O2S. The first-order chi connectivity index (χ1) is 4.09. The van der Waals surface area contributed by atoms with Crippen LogP contribution in [0.3, 0.4) is 0 Å². The van der Waals surface area contributed by atoms with Crippen molar-refractivity contribution in [3.05, 3.63) is 0 Å². The zero-order chi connectivity index (χ0) is 7.44. The number of hydrogen-bond acceptors (Lipinski definition) is 3. The topological polar surface area (TPSA) is 111 Å². The Labute approximate surface area is 54.3 Å². The number of nitrogens with zero attached hydrogens (tertiary/aromatic N) is 1. The largest absolute Gasteiger partial charge is 0.386 e. The van der Waals surface area contributed by atoms with Crippen LogP contribution < -0.4 is 5.73 Å². The van der Waals surface area contributed by atoms with Crippen molar-refractivity contribution >= 4 is 16.9 Å². The van der Waals surface area contributed by atoms with Gasteiger partial charge in [0, 0.05) is 0 Å². The summed E-state index contributed by atoms with van der Waals surface area (Å²) in [6.45, 7) is 0. The molecule has 2 atom stereocenters. The molecule has 0 spiro atoms. The highest BCUT2D eigenvalue weighted by molar-refractivity contribution is 7.81.